The third-order valence-corrected chi connectivity index (χ3v) is 12.8. The quantitative estimate of drug-likeness (QED) is 0.118. The van der Waals surface area contributed by atoms with Gasteiger partial charge in [0.2, 0.25) is 0 Å². The maximum atomic E-state index is 8.81. The molecule has 0 atom stereocenters. The molecule has 1 aliphatic carbocycles. The third kappa shape index (κ3) is 9.55. The van der Waals surface area contributed by atoms with Crippen LogP contribution in [0.25, 0.3) is 53.8 Å². The van der Waals surface area contributed by atoms with Gasteiger partial charge in [-0.05, 0) is 74.0 Å². The van der Waals surface area contributed by atoms with Crippen LogP contribution in [0.1, 0.15) is 72.7 Å². The van der Waals surface area contributed by atoms with Crippen molar-refractivity contribution >= 4 is 44.8 Å². The van der Waals surface area contributed by atoms with Crippen LogP contribution in [0.5, 0.6) is 0 Å². The molecule has 5 heteroatoms. The first-order chi connectivity index (χ1) is 28.2. The molecule has 0 amide bonds. The molecule has 279 valence electrons. The first-order valence-corrected chi connectivity index (χ1v) is 22.9. The number of pyridine rings is 2. The van der Waals surface area contributed by atoms with E-state index in [9.17, 15) is 0 Å². The number of benzene rings is 4. The molecule has 1 radical (unpaired) electrons. The van der Waals surface area contributed by atoms with Gasteiger partial charge in [0, 0.05) is 46.8 Å². The molecule has 3 heterocycles. The van der Waals surface area contributed by atoms with Crippen molar-refractivity contribution < 1.29 is 29.7 Å². The van der Waals surface area contributed by atoms with Gasteiger partial charge in [-0.15, -0.1) is 59.2 Å². The second kappa shape index (κ2) is 17.0. The fourth-order valence-corrected chi connectivity index (χ4v) is 9.64. The van der Waals surface area contributed by atoms with Crippen molar-refractivity contribution in [2.75, 3.05) is 0 Å². The average Bonchev–Trinajstić information content (AvgIpc) is 3.90. The fourth-order valence-electron chi connectivity index (χ4n) is 7.00. The molecule has 4 aromatic carbocycles. The Hall–Kier alpha value is -3.73. The van der Waals surface area contributed by atoms with Gasteiger partial charge in [-0.3, -0.25) is 0 Å². The molecule has 0 aliphatic heterocycles. The minimum absolute atomic E-state index is 0. The topological polar surface area (TPSA) is 25.8 Å². The maximum absolute atomic E-state index is 8.81. The van der Waals surface area contributed by atoms with Crippen molar-refractivity contribution in [2.45, 2.75) is 85.7 Å². The number of nitrogens with zero attached hydrogens (tertiary/aromatic N) is 2. The number of hydrogen-bond acceptors (Lipinski definition) is 3. The van der Waals surface area contributed by atoms with E-state index in [-0.39, 0.29) is 31.6 Å². The number of aryl methyl sites for hydroxylation is 1. The molecule has 54 heavy (non-hydrogen) atoms. The van der Waals surface area contributed by atoms with Crippen LogP contribution in [0.2, 0.25) is 19.6 Å². The van der Waals surface area contributed by atoms with Crippen LogP contribution in [0, 0.1) is 30.3 Å². The number of hydrogen-bond donors (Lipinski definition) is 0. The van der Waals surface area contributed by atoms with Crippen molar-refractivity contribution in [3.05, 3.63) is 138 Å². The van der Waals surface area contributed by atoms with Gasteiger partial charge >= 0.3 is 0 Å². The normalized spacial score (nSPS) is 16.1. The first kappa shape index (κ1) is 31.5. The van der Waals surface area contributed by atoms with Gasteiger partial charge in [0.25, 0.3) is 0 Å². The van der Waals surface area contributed by atoms with Gasteiger partial charge in [-0.25, -0.2) is 0 Å². The Morgan fingerprint density at radius 3 is 2.35 bits per heavy atom. The molecule has 0 N–H and O–H groups in total. The molecule has 1 aliphatic rings. The summed E-state index contributed by atoms with van der Waals surface area (Å²) in [5.41, 5.74) is 6.52. The van der Waals surface area contributed by atoms with Crippen LogP contribution < -0.4 is 5.19 Å². The largest absolute Gasteiger partial charge is 0.305 e. The van der Waals surface area contributed by atoms with E-state index in [2.05, 4.69) is 90.3 Å². The number of rotatable bonds is 7. The zero-order chi connectivity index (χ0) is 43.3. The Morgan fingerprint density at radius 2 is 1.65 bits per heavy atom. The summed E-state index contributed by atoms with van der Waals surface area (Å²) < 4.78 is 60.0. The summed E-state index contributed by atoms with van der Waals surface area (Å²) in [5.74, 6) is 0.0910. The van der Waals surface area contributed by atoms with Crippen molar-refractivity contribution in [3.8, 4) is 33.6 Å². The number of fused-ring (bicyclic) bond motifs is 3. The zero-order valence-electron chi connectivity index (χ0n) is 38.9. The van der Waals surface area contributed by atoms with Gasteiger partial charge in [-0.2, -0.15) is 11.3 Å². The maximum Gasteiger partial charge on any atom is 0.0798 e. The van der Waals surface area contributed by atoms with Crippen LogP contribution in [-0.4, -0.2) is 18.0 Å². The number of thiophene rings is 1. The predicted molar refractivity (Wildman–Crippen MR) is 232 cm³/mol. The van der Waals surface area contributed by atoms with Gasteiger partial charge in [0.05, 0.1) is 8.07 Å². The molecular formula is C49H52IrN2SSi-2. The molecule has 0 unspecified atom stereocenters. The van der Waals surface area contributed by atoms with Crippen molar-refractivity contribution in [2.24, 2.45) is 11.3 Å². The summed E-state index contributed by atoms with van der Waals surface area (Å²) in [6, 6.07) is 38.0. The summed E-state index contributed by atoms with van der Waals surface area (Å²) in [4.78, 5) is 9.20. The van der Waals surface area contributed by atoms with Crippen molar-refractivity contribution in [1.82, 2.24) is 9.97 Å². The smallest absolute Gasteiger partial charge is 0.0798 e. The molecular weight excluding hydrogens is 869 g/mol. The van der Waals surface area contributed by atoms with Crippen LogP contribution >= 0.6 is 11.3 Å². The fraction of sp³-hybridized carbons (Fsp3) is 0.306. The zero-order valence-corrected chi connectivity index (χ0v) is 36.1. The van der Waals surface area contributed by atoms with E-state index in [1.165, 1.54) is 32.7 Å². The van der Waals surface area contributed by atoms with Crippen molar-refractivity contribution in [3.63, 3.8) is 0 Å². The van der Waals surface area contributed by atoms with E-state index in [0.717, 1.165) is 52.4 Å². The summed E-state index contributed by atoms with van der Waals surface area (Å²) in [5, 5.41) is 3.45. The van der Waals surface area contributed by atoms with Crippen LogP contribution in [0.15, 0.2) is 109 Å². The van der Waals surface area contributed by atoms with E-state index < -0.39 is 33.1 Å². The molecule has 0 bridgehead atoms. The van der Waals surface area contributed by atoms with Gasteiger partial charge in [0.15, 0.2) is 0 Å². The summed E-state index contributed by atoms with van der Waals surface area (Å²) in [7, 11) is -1.81. The Morgan fingerprint density at radius 1 is 0.852 bits per heavy atom. The van der Waals surface area contributed by atoms with Gasteiger partial charge < -0.3 is 9.97 Å². The molecule has 1 fully saturated rings. The second-order valence-corrected chi connectivity index (χ2v) is 22.2. The Balaban J connectivity index is 0.000000206. The second-order valence-electron chi connectivity index (χ2n) is 16.1. The standard InChI is InChI=1S/C29H24NS.C20H28NSi.Ir/c1-2-9-22(10-3-1)23-13-14-24-25-11-6-12-26(29(25)31-28(24)19-23)27-18-21(15-16-30-27)17-20-7-4-5-8-20;1-15-8-10-16(11-9-15)18-12-17(13-20(2,3)4)19(14-21-18)22(5,6)7;/h1-3,6,9-11,13-16,18-20H,4-5,7-8,17H2;8-10,12,14H,13H2,1-7H3;/q2*-1;/i17D2;1D3,13D2;. The Bertz CT molecular complexity index is 2620. The molecule has 8 rings (SSSR count). The average molecular weight is 928 g/mol. The van der Waals surface area contributed by atoms with Crippen LogP contribution in [-0.2, 0) is 32.9 Å². The van der Waals surface area contributed by atoms with Gasteiger partial charge in [0.1, 0.15) is 0 Å². The summed E-state index contributed by atoms with van der Waals surface area (Å²) in [6.07, 6.45) is 4.88. The first-order valence-electron chi connectivity index (χ1n) is 22.1. The van der Waals surface area contributed by atoms with E-state index in [4.69, 9.17) is 9.60 Å². The van der Waals surface area contributed by atoms with Crippen molar-refractivity contribution in [1.29, 1.82) is 0 Å². The molecule has 0 saturated heterocycles. The molecule has 1 saturated carbocycles. The Kier molecular flexibility index (Phi) is 9.88. The van der Waals surface area contributed by atoms with E-state index in [0.29, 0.717) is 16.8 Å². The summed E-state index contributed by atoms with van der Waals surface area (Å²) in [6.45, 7) is 10.1. The molecule has 0 spiro atoms. The van der Waals surface area contributed by atoms with Crippen LogP contribution in [0.4, 0.5) is 0 Å². The summed E-state index contributed by atoms with van der Waals surface area (Å²) >= 11 is 1.77. The monoisotopic (exact) mass is 928 g/mol. The third-order valence-electron chi connectivity index (χ3n) is 9.59. The number of aromatic nitrogens is 2. The molecule has 3 aromatic heterocycles. The van der Waals surface area contributed by atoms with E-state index in [1.54, 1.807) is 35.9 Å². The minimum Gasteiger partial charge on any atom is -0.305 e. The predicted octanol–water partition coefficient (Wildman–Crippen LogP) is 13.3. The minimum atomic E-state index is -2.17. The molecule has 2 nitrogen and oxygen atoms in total. The molecule has 7 aromatic rings. The Labute approximate surface area is 351 Å². The SMILES string of the molecule is [2H]C([2H])([2H])c1c[c-]c(-c2cc(C([2H])([2H])C(C)(C)C)c([Si](C)(C)C)cn2)cc1.[2H]C([2H])(c1ccnc(-c2[c-]ccc3c2sc2cc(-c4ccccc4)ccc23)c1)C1CCCC1.[Ir]. The van der Waals surface area contributed by atoms with Gasteiger partial charge in [-0.1, -0.05) is 144 Å². The van der Waals surface area contributed by atoms with E-state index >= 15 is 0 Å². The van der Waals surface area contributed by atoms with E-state index in [1.807, 2.05) is 51.1 Å². The van der Waals surface area contributed by atoms with Crippen LogP contribution in [0.3, 0.4) is 0 Å².